The van der Waals surface area contributed by atoms with Crippen LogP contribution in [-0.4, -0.2) is 9.72 Å². The maximum absolute atomic E-state index is 11.2. The van der Waals surface area contributed by atoms with E-state index in [0.717, 1.165) is 11.3 Å². The van der Waals surface area contributed by atoms with Gasteiger partial charge in [0.15, 0.2) is 11.2 Å². The maximum atomic E-state index is 11.2. The first-order valence-corrected chi connectivity index (χ1v) is 5.22. The van der Waals surface area contributed by atoms with Gasteiger partial charge in [-0.15, -0.1) is 0 Å². The van der Waals surface area contributed by atoms with Crippen molar-refractivity contribution in [3.8, 4) is 0 Å². The van der Waals surface area contributed by atoms with Crippen molar-refractivity contribution in [2.75, 3.05) is 0 Å². The molecule has 2 heterocycles. The fourth-order valence-electron chi connectivity index (χ4n) is 1.29. The Labute approximate surface area is 94.6 Å². The zero-order chi connectivity index (χ0) is 10.8. The van der Waals surface area contributed by atoms with Crippen LogP contribution in [0.3, 0.4) is 0 Å². The van der Waals surface area contributed by atoms with Crippen LogP contribution in [0.5, 0.6) is 0 Å². The van der Waals surface area contributed by atoms with Crippen molar-refractivity contribution in [2.45, 2.75) is 13.5 Å². The molecular formula is C10H9BrN2O2. The first kappa shape index (κ1) is 10.2. The number of nitrogens with zero attached hydrogens (tertiary/aromatic N) is 2. The van der Waals surface area contributed by atoms with E-state index in [4.69, 9.17) is 4.52 Å². The molecule has 2 rings (SSSR count). The van der Waals surface area contributed by atoms with Crippen molar-refractivity contribution < 1.29 is 4.52 Å². The lowest BCUT2D eigenvalue weighted by Crippen LogP contribution is -2.08. The lowest BCUT2D eigenvalue weighted by Gasteiger charge is -2.03. The number of aromatic nitrogens is 2. The SMILES string of the molecule is Cc1cn(Cc2cc(Br)no2)ccc1=O. The predicted octanol–water partition coefficient (Wildman–Crippen LogP) is 1.96. The Morgan fingerprint density at radius 3 is 3.00 bits per heavy atom. The molecule has 5 heteroatoms. The van der Waals surface area contributed by atoms with Gasteiger partial charge in [0.2, 0.25) is 0 Å². The zero-order valence-electron chi connectivity index (χ0n) is 8.11. The lowest BCUT2D eigenvalue weighted by atomic mass is 10.3. The molecule has 0 aliphatic heterocycles. The number of hydrogen-bond acceptors (Lipinski definition) is 3. The fraction of sp³-hybridized carbons (Fsp3) is 0.200. The van der Waals surface area contributed by atoms with Gasteiger partial charge in [-0.3, -0.25) is 4.79 Å². The second-order valence-electron chi connectivity index (χ2n) is 3.28. The molecule has 0 atom stereocenters. The highest BCUT2D eigenvalue weighted by Gasteiger charge is 2.02. The molecule has 2 aromatic heterocycles. The molecule has 0 N–H and O–H groups in total. The maximum Gasteiger partial charge on any atom is 0.184 e. The minimum Gasteiger partial charge on any atom is -0.358 e. The Morgan fingerprint density at radius 1 is 1.60 bits per heavy atom. The summed E-state index contributed by atoms with van der Waals surface area (Å²) < 4.78 is 7.60. The summed E-state index contributed by atoms with van der Waals surface area (Å²) in [6.45, 7) is 2.36. The van der Waals surface area contributed by atoms with E-state index in [1.807, 2.05) is 4.57 Å². The summed E-state index contributed by atoms with van der Waals surface area (Å²) in [7, 11) is 0. The number of pyridine rings is 1. The van der Waals surface area contributed by atoms with E-state index < -0.39 is 0 Å². The van der Waals surface area contributed by atoms with Gasteiger partial charge in [0.25, 0.3) is 0 Å². The number of hydrogen-bond donors (Lipinski definition) is 0. The molecule has 0 saturated carbocycles. The molecule has 15 heavy (non-hydrogen) atoms. The molecule has 0 amide bonds. The molecule has 0 bridgehead atoms. The summed E-state index contributed by atoms with van der Waals surface area (Å²) in [5.41, 5.74) is 0.765. The summed E-state index contributed by atoms with van der Waals surface area (Å²) >= 11 is 3.21. The van der Waals surface area contributed by atoms with Gasteiger partial charge in [-0.1, -0.05) is 5.16 Å². The van der Waals surface area contributed by atoms with Crippen molar-refractivity contribution >= 4 is 15.9 Å². The average molecular weight is 269 g/mol. The summed E-state index contributed by atoms with van der Waals surface area (Å²) in [6, 6.07) is 3.34. The third kappa shape index (κ3) is 2.36. The Balaban J connectivity index is 2.25. The molecule has 0 aliphatic carbocycles. The molecule has 0 aliphatic rings. The third-order valence-electron chi connectivity index (χ3n) is 2.03. The summed E-state index contributed by atoms with van der Waals surface area (Å²) in [4.78, 5) is 11.2. The molecule has 0 spiro atoms. The fourth-order valence-corrected chi connectivity index (χ4v) is 1.62. The lowest BCUT2D eigenvalue weighted by molar-refractivity contribution is 0.373. The zero-order valence-corrected chi connectivity index (χ0v) is 9.69. The molecular weight excluding hydrogens is 260 g/mol. The predicted molar refractivity (Wildman–Crippen MR) is 58.7 cm³/mol. The van der Waals surface area contributed by atoms with Crippen LogP contribution in [0.1, 0.15) is 11.3 Å². The van der Waals surface area contributed by atoms with E-state index in [9.17, 15) is 4.79 Å². The molecule has 0 aromatic carbocycles. The minimum atomic E-state index is 0.0463. The van der Waals surface area contributed by atoms with E-state index in [1.54, 1.807) is 31.5 Å². The van der Waals surface area contributed by atoms with Crippen LogP contribution < -0.4 is 5.43 Å². The Hall–Kier alpha value is -1.36. The van der Waals surface area contributed by atoms with Crippen LogP contribution in [0, 0.1) is 6.92 Å². The standard InChI is InChI=1S/C10H9BrN2O2/c1-7-5-13(3-2-9(7)14)6-8-4-10(11)12-15-8/h2-5H,6H2,1H3. The first-order valence-electron chi connectivity index (χ1n) is 4.43. The molecule has 78 valence electrons. The summed E-state index contributed by atoms with van der Waals surface area (Å²) in [5, 5.41) is 3.72. The molecule has 0 radical (unpaired) electrons. The van der Waals surface area contributed by atoms with Crippen LogP contribution in [0.4, 0.5) is 0 Å². The van der Waals surface area contributed by atoms with Crippen molar-refractivity contribution in [1.82, 2.24) is 9.72 Å². The normalized spacial score (nSPS) is 10.5. The second kappa shape index (κ2) is 4.02. The smallest absolute Gasteiger partial charge is 0.184 e. The number of rotatable bonds is 2. The van der Waals surface area contributed by atoms with Gasteiger partial charge < -0.3 is 9.09 Å². The molecule has 0 saturated heterocycles. The van der Waals surface area contributed by atoms with Crippen molar-refractivity contribution in [3.63, 3.8) is 0 Å². The summed E-state index contributed by atoms with van der Waals surface area (Å²) in [5.74, 6) is 0.741. The van der Waals surface area contributed by atoms with Crippen LogP contribution in [0.2, 0.25) is 0 Å². The second-order valence-corrected chi connectivity index (χ2v) is 4.09. The van der Waals surface area contributed by atoms with Gasteiger partial charge in [0.1, 0.15) is 4.60 Å². The molecule has 4 nitrogen and oxygen atoms in total. The number of halogens is 1. The van der Waals surface area contributed by atoms with Gasteiger partial charge in [0.05, 0.1) is 6.54 Å². The monoisotopic (exact) mass is 268 g/mol. The van der Waals surface area contributed by atoms with Gasteiger partial charge in [-0.25, -0.2) is 0 Å². The van der Waals surface area contributed by atoms with Gasteiger partial charge in [-0.05, 0) is 22.9 Å². The van der Waals surface area contributed by atoms with Crippen LogP contribution in [0.15, 0.2) is 38.4 Å². The summed E-state index contributed by atoms with van der Waals surface area (Å²) in [6.07, 6.45) is 3.52. The molecule has 0 unspecified atom stereocenters. The molecule has 2 aromatic rings. The van der Waals surface area contributed by atoms with Gasteiger partial charge >= 0.3 is 0 Å². The van der Waals surface area contributed by atoms with Crippen molar-refractivity contribution in [1.29, 1.82) is 0 Å². The highest BCUT2D eigenvalue weighted by Crippen LogP contribution is 2.10. The van der Waals surface area contributed by atoms with Crippen molar-refractivity contribution in [2.24, 2.45) is 0 Å². The van der Waals surface area contributed by atoms with E-state index in [-0.39, 0.29) is 5.43 Å². The Kier molecular flexibility index (Phi) is 2.73. The van der Waals surface area contributed by atoms with Crippen LogP contribution >= 0.6 is 15.9 Å². The highest BCUT2D eigenvalue weighted by atomic mass is 79.9. The average Bonchev–Trinajstić information content (AvgIpc) is 2.58. The van der Waals surface area contributed by atoms with E-state index in [0.29, 0.717) is 11.1 Å². The Morgan fingerprint density at radius 2 is 2.40 bits per heavy atom. The minimum absolute atomic E-state index is 0.0463. The van der Waals surface area contributed by atoms with E-state index in [2.05, 4.69) is 21.1 Å². The number of aryl methyl sites for hydroxylation is 1. The largest absolute Gasteiger partial charge is 0.358 e. The van der Waals surface area contributed by atoms with Crippen molar-refractivity contribution in [3.05, 3.63) is 50.7 Å². The first-order chi connectivity index (χ1) is 7.15. The van der Waals surface area contributed by atoms with Gasteiger partial charge in [-0.2, -0.15) is 0 Å². The third-order valence-corrected chi connectivity index (χ3v) is 2.41. The quantitative estimate of drug-likeness (QED) is 0.837. The molecule has 0 fully saturated rings. The van der Waals surface area contributed by atoms with Gasteiger partial charge in [0, 0.05) is 30.1 Å². The topological polar surface area (TPSA) is 48.0 Å². The van der Waals surface area contributed by atoms with Crippen LogP contribution in [0.25, 0.3) is 0 Å². The van der Waals surface area contributed by atoms with Crippen LogP contribution in [-0.2, 0) is 6.54 Å². The van der Waals surface area contributed by atoms with E-state index in [1.165, 1.54) is 0 Å². The highest BCUT2D eigenvalue weighted by molar-refractivity contribution is 9.10. The Bertz CT molecular complexity index is 530. The van der Waals surface area contributed by atoms with E-state index >= 15 is 0 Å².